The molecule has 2 rings (SSSR count). The van der Waals surface area contributed by atoms with Gasteiger partial charge in [0, 0.05) is 25.2 Å². The summed E-state index contributed by atoms with van der Waals surface area (Å²) in [4.78, 5) is 14.4. The summed E-state index contributed by atoms with van der Waals surface area (Å²) >= 11 is 0. The van der Waals surface area contributed by atoms with Crippen molar-refractivity contribution in [2.24, 2.45) is 11.1 Å². The molecule has 0 aliphatic carbocycles. The summed E-state index contributed by atoms with van der Waals surface area (Å²) in [5, 5.41) is 3.52. The molecule has 7 heteroatoms. The number of nitrogens with zero attached hydrogens (tertiary/aromatic N) is 1. The van der Waals surface area contributed by atoms with Crippen LogP contribution in [0.5, 0.6) is 11.5 Å². The van der Waals surface area contributed by atoms with Crippen molar-refractivity contribution in [2.45, 2.75) is 45.7 Å². The summed E-state index contributed by atoms with van der Waals surface area (Å²) in [5.41, 5.74) is 6.84. The van der Waals surface area contributed by atoms with Crippen LogP contribution in [0.15, 0.2) is 18.2 Å². The number of benzene rings is 1. The maximum Gasteiger partial charge on any atom is 0.240 e. The Balaban J connectivity index is 0.00000338. The molecular formula is C19H32ClN3O3. The third-order valence-corrected chi connectivity index (χ3v) is 4.77. The molecule has 1 aromatic carbocycles. The lowest BCUT2D eigenvalue weighted by Crippen LogP contribution is -2.53. The van der Waals surface area contributed by atoms with E-state index in [9.17, 15) is 4.79 Å². The second-order valence-corrected chi connectivity index (χ2v) is 7.65. The number of nitrogens with one attached hydrogen (secondary N) is 1. The van der Waals surface area contributed by atoms with Crippen LogP contribution in [0.4, 0.5) is 5.69 Å². The number of ether oxygens (including phenoxy) is 2. The zero-order chi connectivity index (χ0) is 18.6. The predicted molar refractivity (Wildman–Crippen MR) is 107 cm³/mol. The highest BCUT2D eigenvalue weighted by Crippen LogP contribution is 2.31. The molecular weight excluding hydrogens is 354 g/mol. The zero-order valence-corrected chi connectivity index (χ0v) is 17.2. The fourth-order valence-electron chi connectivity index (χ4n) is 2.95. The predicted octanol–water partition coefficient (Wildman–Crippen LogP) is 2.90. The van der Waals surface area contributed by atoms with Crippen molar-refractivity contribution < 1.29 is 14.3 Å². The van der Waals surface area contributed by atoms with Gasteiger partial charge < -0.3 is 25.4 Å². The molecule has 1 aliphatic rings. The van der Waals surface area contributed by atoms with Gasteiger partial charge in [-0.05, 0) is 30.4 Å². The van der Waals surface area contributed by atoms with E-state index in [2.05, 4.69) is 5.32 Å². The highest BCUT2D eigenvalue weighted by Gasteiger charge is 2.33. The number of amides is 1. The number of anilines is 1. The van der Waals surface area contributed by atoms with E-state index in [1.165, 1.54) is 0 Å². The first kappa shape index (κ1) is 22.4. The lowest BCUT2D eigenvalue weighted by molar-refractivity contribution is -0.135. The number of carbonyl (C=O) groups is 1. The zero-order valence-electron chi connectivity index (χ0n) is 16.4. The van der Waals surface area contributed by atoms with Crippen LogP contribution < -0.4 is 20.5 Å². The van der Waals surface area contributed by atoms with Crippen molar-refractivity contribution in [3.63, 3.8) is 0 Å². The van der Waals surface area contributed by atoms with Gasteiger partial charge in [-0.25, -0.2) is 0 Å². The Morgan fingerprint density at radius 3 is 2.35 bits per heavy atom. The van der Waals surface area contributed by atoms with Crippen molar-refractivity contribution in [3.05, 3.63) is 18.2 Å². The molecule has 1 amide bonds. The molecule has 1 fully saturated rings. The minimum absolute atomic E-state index is 0. The minimum Gasteiger partial charge on any atom is -0.497 e. The van der Waals surface area contributed by atoms with Gasteiger partial charge in [0.1, 0.15) is 11.5 Å². The third-order valence-electron chi connectivity index (χ3n) is 4.77. The largest absolute Gasteiger partial charge is 0.497 e. The maximum absolute atomic E-state index is 12.5. The van der Waals surface area contributed by atoms with Crippen LogP contribution in [-0.4, -0.2) is 50.2 Å². The number of halogens is 1. The van der Waals surface area contributed by atoms with Gasteiger partial charge in [-0.2, -0.15) is 0 Å². The van der Waals surface area contributed by atoms with E-state index < -0.39 is 6.04 Å². The first-order chi connectivity index (χ1) is 11.8. The van der Waals surface area contributed by atoms with Crippen LogP contribution in [0.2, 0.25) is 0 Å². The van der Waals surface area contributed by atoms with Gasteiger partial charge in [-0.3, -0.25) is 4.79 Å². The van der Waals surface area contributed by atoms with Crippen LogP contribution in [0, 0.1) is 5.41 Å². The van der Waals surface area contributed by atoms with Crippen LogP contribution in [0.1, 0.15) is 33.6 Å². The molecule has 1 heterocycles. The van der Waals surface area contributed by atoms with Crippen molar-refractivity contribution >= 4 is 24.0 Å². The maximum atomic E-state index is 12.5. The number of hydrogen-bond acceptors (Lipinski definition) is 5. The first-order valence-electron chi connectivity index (χ1n) is 8.79. The fourth-order valence-corrected chi connectivity index (χ4v) is 2.95. The van der Waals surface area contributed by atoms with E-state index in [4.69, 9.17) is 15.2 Å². The summed E-state index contributed by atoms with van der Waals surface area (Å²) in [6, 6.07) is 5.58. The number of piperidine rings is 1. The molecule has 0 spiro atoms. The Kier molecular flexibility index (Phi) is 8.03. The molecule has 1 aliphatic heterocycles. The number of methoxy groups -OCH3 is 2. The molecule has 6 nitrogen and oxygen atoms in total. The van der Waals surface area contributed by atoms with Crippen LogP contribution in [0.25, 0.3) is 0 Å². The van der Waals surface area contributed by atoms with Gasteiger partial charge in [0.25, 0.3) is 0 Å². The molecule has 26 heavy (non-hydrogen) atoms. The Hall–Kier alpha value is -1.66. The molecule has 0 radical (unpaired) electrons. The summed E-state index contributed by atoms with van der Waals surface area (Å²) in [5.74, 6) is 1.57. The fraction of sp³-hybridized carbons (Fsp3) is 0.632. The van der Waals surface area contributed by atoms with E-state index in [-0.39, 0.29) is 23.7 Å². The highest BCUT2D eigenvalue weighted by atomic mass is 35.5. The van der Waals surface area contributed by atoms with Gasteiger partial charge in [0.05, 0.1) is 25.9 Å². The number of hydrogen-bond donors (Lipinski definition) is 2. The monoisotopic (exact) mass is 385 g/mol. The van der Waals surface area contributed by atoms with E-state index in [1.54, 1.807) is 14.2 Å². The standard InChI is InChI=1S/C19H31N3O3.ClH/c1-19(2,3)17(20)18(23)22-10-8-13(9-11-22)21-15-7-6-14(24-4)12-16(15)25-5;/h6-7,12-13,17,21H,8-11,20H2,1-5H3;1H/t17-;/m1./s1. The minimum atomic E-state index is -0.460. The first-order valence-corrected chi connectivity index (χ1v) is 8.79. The molecule has 1 atom stereocenters. The van der Waals surface area contributed by atoms with E-state index in [0.717, 1.165) is 43.1 Å². The van der Waals surface area contributed by atoms with Crippen molar-refractivity contribution in [1.29, 1.82) is 0 Å². The SMILES string of the molecule is COc1ccc(NC2CCN(C(=O)[C@@H](N)C(C)(C)C)CC2)c(OC)c1.Cl. The second-order valence-electron chi connectivity index (χ2n) is 7.65. The van der Waals surface area contributed by atoms with E-state index >= 15 is 0 Å². The quantitative estimate of drug-likeness (QED) is 0.814. The molecule has 1 saturated heterocycles. The molecule has 0 bridgehead atoms. The lowest BCUT2D eigenvalue weighted by atomic mass is 9.86. The highest BCUT2D eigenvalue weighted by molar-refractivity contribution is 5.85. The number of nitrogens with two attached hydrogens (primary N) is 1. The normalized spacial score (nSPS) is 16.5. The average molecular weight is 386 g/mol. The molecule has 148 valence electrons. The summed E-state index contributed by atoms with van der Waals surface area (Å²) in [6.07, 6.45) is 1.77. The summed E-state index contributed by atoms with van der Waals surface area (Å²) < 4.78 is 10.7. The molecule has 0 saturated carbocycles. The van der Waals surface area contributed by atoms with Gasteiger partial charge in [0.15, 0.2) is 0 Å². The van der Waals surface area contributed by atoms with Crippen LogP contribution in [-0.2, 0) is 4.79 Å². The number of likely N-dealkylation sites (tertiary alicyclic amines) is 1. The average Bonchev–Trinajstić information content (AvgIpc) is 2.60. The topological polar surface area (TPSA) is 76.8 Å². The molecule has 0 aromatic heterocycles. The van der Waals surface area contributed by atoms with Crippen LogP contribution >= 0.6 is 12.4 Å². The summed E-state index contributed by atoms with van der Waals surface area (Å²) in [7, 11) is 3.28. The lowest BCUT2D eigenvalue weighted by Gasteiger charge is -2.37. The molecule has 1 aromatic rings. The summed E-state index contributed by atoms with van der Waals surface area (Å²) in [6.45, 7) is 7.44. The Morgan fingerprint density at radius 1 is 1.23 bits per heavy atom. The van der Waals surface area contributed by atoms with Gasteiger partial charge in [0.2, 0.25) is 5.91 Å². The molecule has 0 unspecified atom stereocenters. The number of carbonyl (C=O) groups excluding carboxylic acids is 1. The van der Waals surface area contributed by atoms with Crippen molar-refractivity contribution in [2.75, 3.05) is 32.6 Å². The van der Waals surface area contributed by atoms with Crippen LogP contribution in [0.3, 0.4) is 0 Å². The second kappa shape index (κ2) is 9.33. The van der Waals surface area contributed by atoms with E-state index in [0.29, 0.717) is 6.04 Å². The Labute approximate surface area is 162 Å². The van der Waals surface area contributed by atoms with Gasteiger partial charge >= 0.3 is 0 Å². The van der Waals surface area contributed by atoms with Crippen molar-refractivity contribution in [1.82, 2.24) is 4.90 Å². The third kappa shape index (κ3) is 5.42. The Bertz CT molecular complexity index is 596. The smallest absolute Gasteiger partial charge is 0.240 e. The molecule has 3 N–H and O–H groups in total. The van der Waals surface area contributed by atoms with Crippen molar-refractivity contribution in [3.8, 4) is 11.5 Å². The van der Waals surface area contributed by atoms with E-state index in [1.807, 2.05) is 43.9 Å². The number of rotatable bonds is 5. The Morgan fingerprint density at radius 2 is 1.85 bits per heavy atom. The van der Waals surface area contributed by atoms with Gasteiger partial charge in [-0.1, -0.05) is 20.8 Å². The van der Waals surface area contributed by atoms with Gasteiger partial charge in [-0.15, -0.1) is 12.4 Å².